The molecule has 1 aromatic carbocycles. The van der Waals surface area contributed by atoms with E-state index in [2.05, 4.69) is 31.9 Å². The van der Waals surface area contributed by atoms with E-state index >= 15 is 0 Å². The summed E-state index contributed by atoms with van der Waals surface area (Å²) in [6.45, 7) is 3.79. The minimum atomic E-state index is -0.693. The number of nitrogens with zero attached hydrogens (tertiary/aromatic N) is 1. The van der Waals surface area contributed by atoms with Crippen LogP contribution >= 0.6 is 31.9 Å². The minimum Gasteiger partial charge on any atom is -0.505 e. The molecule has 0 amide bonds. The lowest BCUT2D eigenvalue weighted by Gasteiger charge is -2.12. The van der Waals surface area contributed by atoms with Crippen molar-refractivity contribution >= 4 is 42.8 Å². The third kappa shape index (κ3) is 2.17. The van der Waals surface area contributed by atoms with Gasteiger partial charge in [0.2, 0.25) is 0 Å². The predicted octanol–water partition coefficient (Wildman–Crippen LogP) is 4.02. The van der Waals surface area contributed by atoms with E-state index in [4.69, 9.17) is 9.68 Å². The van der Waals surface area contributed by atoms with Gasteiger partial charge in [-0.3, -0.25) is 0 Å². The molecule has 0 radical (unpaired) electrons. The van der Waals surface area contributed by atoms with E-state index in [0.717, 1.165) is 0 Å². The van der Waals surface area contributed by atoms with Crippen molar-refractivity contribution in [3.05, 3.63) is 36.6 Å². The zero-order valence-electron chi connectivity index (χ0n) is 10.1. The van der Waals surface area contributed by atoms with E-state index in [9.17, 15) is 9.90 Å². The topological polar surface area (TPSA) is 74.2 Å². The van der Waals surface area contributed by atoms with Crippen LogP contribution in [0.2, 0.25) is 0 Å². The van der Waals surface area contributed by atoms with Gasteiger partial charge < -0.3 is 9.52 Å². The Kier molecular flexibility index (Phi) is 3.70. The Morgan fingerprint density at radius 1 is 1.42 bits per heavy atom. The molecule has 0 bridgehead atoms. The maximum atomic E-state index is 11.8. The number of hydrogen-bond acceptors (Lipinski definition) is 4. The molecule has 0 aliphatic heterocycles. The first-order valence-corrected chi connectivity index (χ1v) is 7.04. The van der Waals surface area contributed by atoms with Crippen LogP contribution in [0.25, 0.3) is 11.0 Å². The van der Waals surface area contributed by atoms with Crippen molar-refractivity contribution in [2.24, 2.45) is 0 Å². The minimum absolute atomic E-state index is 0.00647. The summed E-state index contributed by atoms with van der Waals surface area (Å²) in [5.41, 5.74) is 0.177. The summed E-state index contributed by atoms with van der Waals surface area (Å²) in [4.78, 5) is 11.8. The zero-order valence-corrected chi connectivity index (χ0v) is 13.3. The van der Waals surface area contributed by atoms with Crippen molar-refractivity contribution in [1.82, 2.24) is 0 Å². The average molecular weight is 387 g/mol. The summed E-state index contributed by atoms with van der Waals surface area (Å²) >= 11 is 6.43. The first-order valence-electron chi connectivity index (χ1n) is 5.46. The lowest BCUT2D eigenvalue weighted by Crippen LogP contribution is -2.10. The number of nitriles is 1. The molecule has 6 heteroatoms. The number of fused-ring (bicyclic) bond motifs is 1. The fraction of sp³-hybridized carbons (Fsp3) is 0.231. The van der Waals surface area contributed by atoms with E-state index < -0.39 is 5.63 Å². The van der Waals surface area contributed by atoms with Crippen molar-refractivity contribution < 1.29 is 9.52 Å². The quantitative estimate of drug-likeness (QED) is 0.751. The van der Waals surface area contributed by atoms with Crippen molar-refractivity contribution in [2.75, 3.05) is 0 Å². The second kappa shape index (κ2) is 4.99. The predicted molar refractivity (Wildman–Crippen MR) is 78.4 cm³/mol. The van der Waals surface area contributed by atoms with Crippen molar-refractivity contribution in [2.45, 2.75) is 19.8 Å². The molecule has 98 valence electrons. The lowest BCUT2D eigenvalue weighted by molar-refractivity contribution is 0.465. The van der Waals surface area contributed by atoms with Gasteiger partial charge in [0.05, 0.1) is 4.47 Å². The Hall–Kier alpha value is -1.32. The normalized spacial score (nSPS) is 10.9. The van der Waals surface area contributed by atoms with Gasteiger partial charge in [-0.05, 0) is 49.4 Å². The molecule has 1 N–H and O–H groups in total. The summed E-state index contributed by atoms with van der Waals surface area (Å²) < 4.78 is 5.89. The highest BCUT2D eigenvalue weighted by Gasteiger charge is 2.21. The van der Waals surface area contributed by atoms with Crippen molar-refractivity contribution in [3.63, 3.8) is 0 Å². The number of halogens is 2. The van der Waals surface area contributed by atoms with Crippen LogP contribution in [0.15, 0.2) is 24.2 Å². The monoisotopic (exact) mass is 385 g/mol. The first kappa shape index (κ1) is 14.1. The highest BCUT2D eigenvalue weighted by molar-refractivity contribution is 9.11. The van der Waals surface area contributed by atoms with Gasteiger partial charge in [-0.1, -0.05) is 13.8 Å². The van der Waals surface area contributed by atoms with Crippen LogP contribution in [0.5, 0.6) is 5.75 Å². The largest absolute Gasteiger partial charge is 0.505 e. The van der Waals surface area contributed by atoms with Crippen LogP contribution in [-0.4, -0.2) is 5.11 Å². The smallest absolute Gasteiger partial charge is 0.354 e. The standard InChI is InChI=1S/C13H9Br2NO3/c1-5(2)9-6-3-8(14)11(17)10(15)12(6)19-13(18)7(9)4-16/h3,5,17H,1-2H3. The average Bonchev–Trinajstić information content (AvgIpc) is 2.35. The van der Waals surface area contributed by atoms with Gasteiger partial charge >= 0.3 is 5.63 Å². The Morgan fingerprint density at radius 2 is 2.05 bits per heavy atom. The van der Waals surface area contributed by atoms with E-state index in [1.54, 1.807) is 6.07 Å². The van der Waals surface area contributed by atoms with Gasteiger partial charge in [0.1, 0.15) is 21.9 Å². The lowest BCUT2D eigenvalue weighted by atomic mass is 9.95. The van der Waals surface area contributed by atoms with Gasteiger partial charge in [-0.2, -0.15) is 5.26 Å². The van der Waals surface area contributed by atoms with Crippen LogP contribution in [0, 0.1) is 11.3 Å². The molecule has 1 aromatic heterocycles. The van der Waals surface area contributed by atoms with Gasteiger partial charge in [0.25, 0.3) is 0 Å². The summed E-state index contributed by atoms with van der Waals surface area (Å²) in [6.07, 6.45) is 0. The molecule has 4 nitrogen and oxygen atoms in total. The van der Waals surface area contributed by atoms with Crippen LogP contribution in [-0.2, 0) is 0 Å². The molecule has 0 saturated carbocycles. The Balaban J connectivity index is 3.12. The van der Waals surface area contributed by atoms with Gasteiger partial charge in [0, 0.05) is 5.39 Å². The summed E-state index contributed by atoms with van der Waals surface area (Å²) in [7, 11) is 0. The highest BCUT2D eigenvalue weighted by atomic mass is 79.9. The number of phenolic OH excluding ortho intramolecular Hbond substituents is 1. The van der Waals surface area contributed by atoms with E-state index in [1.807, 2.05) is 19.9 Å². The van der Waals surface area contributed by atoms with E-state index in [1.165, 1.54) is 0 Å². The second-order valence-corrected chi connectivity index (χ2v) is 5.99. The van der Waals surface area contributed by atoms with Crippen LogP contribution in [0.3, 0.4) is 0 Å². The molecule has 0 spiro atoms. The Labute approximate surface area is 125 Å². The van der Waals surface area contributed by atoms with Gasteiger partial charge in [-0.15, -0.1) is 0 Å². The Morgan fingerprint density at radius 3 is 2.58 bits per heavy atom. The molecule has 2 aromatic rings. The van der Waals surface area contributed by atoms with Gasteiger partial charge in [-0.25, -0.2) is 4.79 Å². The molecule has 2 rings (SSSR count). The molecule has 0 fully saturated rings. The number of phenols is 1. The fourth-order valence-corrected chi connectivity index (χ4v) is 3.19. The maximum absolute atomic E-state index is 11.8. The first-order chi connectivity index (χ1) is 8.88. The van der Waals surface area contributed by atoms with Crippen LogP contribution in [0.4, 0.5) is 0 Å². The third-order valence-electron chi connectivity index (χ3n) is 2.80. The van der Waals surface area contributed by atoms with Gasteiger partial charge in [0.15, 0.2) is 5.58 Å². The molecule has 0 unspecified atom stereocenters. The molecule has 0 aliphatic carbocycles. The molecular weight excluding hydrogens is 378 g/mol. The van der Waals surface area contributed by atoms with Crippen LogP contribution < -0.4 is 5.63 Å². The summed E-state index contributed by atoms with van der Waals surface area (Å²) in [5, 5.41) is 19.6. The molecule has 0 aliphatic rings. The third-order valence-corrected chi connectivity index (χ3v) is 4.14. The van der Waals surface area contributed by atoms with E-state index in [-0.39, 0.29) is 22.8 Å². The van der Waals surface area contributed by atoms with Crippen molar-refractivity contribution in [1.29, 1.82) is 5.26 Å². The number of aromatic hydroxyl groups is 1. The maximum Gasteiger partial charge on any atom is 0.354 e. The SMILES string of the molecule is CC(C)c1c(C#N)c(=O)oc2c(Br)c(O)c(Br)cc12. The highest BCUT2D eigenvalue weighted by Crippen LogP contribution is 2.40. The fourth-order valence-electron chi connectivity index (χ4n) is 1.98. The molecule has 0 saturated heterocycles. The number of benzene rings is 1. The Bertz CT molecular complexity index is 772. The molecule has 19 heavy (non-hydrogen) atoms. The second-order valence-electron chi connectivity index (χ2n) is 4.34. The summed E-state index contributed by atoms with van der Waals surface area (Å²) in [5.74, 6) is -0.0698. The molecule has 1 heterocycles. The number of rotatable bonds is 1. The van der Waals surface area contributed by atoms with Crippen LogP contribution in [0.1, 0.15) is 30.9 Å². The molecule has 0 atom stereocenters. The summed E-state index contributed by atoms with van der Waals surface area (Å²) in [6, 6.07) is 3.54. The number of hydrogen-bond donors (Lipinski definition) is 1. The van der Waals surface area contributed by atoms with Crippen molar-refractivity contribution in [3.8, 4) is 11.8 Å². The van der Waals surface area contributed by atoms with E-state index in [0.29, 0.717) is 19.9 Å². The molecular formula is C13H9Br2NO3. The zero-order chi connectivity index (χ0) is 14.3.